The predicted molar refractivity (Wildman–Crippen MR) is 86.4 cm³/mol. The Morgan fingerprint density at radius 3 is 2.43 bits per heavy atom. The molecule has 1 atom stereocenters. The van der Waals surface area contributed by atoms with E-state index < -0.39 is 27.6 Å². The van der Waals surface area contributed by atoms with Crippen molar-refractivity contribution in [2.45, 2.75) is 6.04 Å². The lowest BCUT2D eigenvalue weighted by Gasteiger charge is -2.27. The normalized spacial score (nSPS) is 18.7. The van der Waals surface area contributed by atoms with Crippen LogP contribution in [0.25, 0.3) is 0 Å². The summed E-state index contributed by atoms with van der Waals surface area (Å²) in [7, 11) is -3.32. The number of benzene rings is 2. The van der Waals surface area contributed by atoms with Crippen LogP contribution in [0.2, 0.25) is 0 Å². The van der Waals surface area contributed by atoms with Crippen LogP contribution in [0.5, 0.6) is 0 Å². The summed E-state index contributed by atoms with van der Waals surface area (Å²) in [6.45, 7) is 0. The van der Waals surface area contributed by atoms with Crippen molar-refractivity contribution in [1.29, 1.82) is 0 Å². The molecule has 0 saturated carbocycles. The zero-order chi connectivity index (χ0) is 16.4. The lowest BCUT2D eigenvalue weighted by molar-refractivity contribution is 0.0982. The van der Waals surface area contributed by atoms with Crippen molar-refractivity contribution in [3.05, 3.63) is 77.5 Å². The minimum atomic E-state index is -3.32. The summed E-state index contributed by atoms with van der Waals surface area (Å²) >= 11 is 0. The fourth-order valence-electron chi connectivity index (χ4n) is 2.53. The first-order chi connectivity index (χ1) is 11.0. The van der Waals surface area contributed by atoms with E-state index in [1.165, 1.54) is 29.2 Å². The number of hydrogen-bond acceptors (Lipinski definition) is 3. The Labute approximate surface area is 133 Å². The standard InChI is InChI=1S/C17H14FNO3S/c18-14-6-4-5-13(11-14)17(20)19(15-7-2-1-3-8-15)16-9-10-23(21,22)12-16/h1-11,16H,12H2/t16-/m0/s1. The lowest BCUT2D eigenvalue weighted by Crippen LogP contribution is -2.41. The van der Waals surface area contributed by atoms with Crippen molar-refractivity contribution < 1.29 is 17.6 Å². The summed E-state index contributed by atoms with van der Waals surface area (Å²) < 4.78 is 36.8. The number of rotatable bonds is 3. The van der Waals surface area contributed by atoms with Gasteiger partial charge in [-0.1, -0.05) is 24.3 Å². The van der Waals surface area contributed by atoms with E-state index in [0.29, 0.717) is 5.69 Å². The molecular weight excluding hydrogens is 317 g/mol. The molecule has 1 amide bonds. The molecule has 0 saturated heterocycles. The second-order valence-corrected chi connectivity index (χ2v) is 7.18. The van der Waals surface area contributed by atoms with Crippen LogP contribution in [0.4, 0.5) is 10.1 Å². The van der Waals surface area contributed by atoms with Gasteiger partial charge in [0.05, 0.1) is 11.8 Å². The third kappa shape index (κ3) is 3.32. The molecule has 2 aromatic carbocycles. The SMILES string of the molecule is O=C(c1cccc(F)c1)N(c1ccccc1)[C@H]1C=CS(=O)(=O)C1. The maximum atomic E-state index is 13.4. The molecule has 0 bridgehead atoms. The van der Waals surface area contributed by atoms with E-state index >= 15 is 0 Å². The second kappa shape index (κ2) is 5.96. The molecule has 6 heteroatoms. The maximum absolute atomic E-state index is 13.4. The maximum Gasteiger partial charge on any atom is 0.258 e. The van der Waals surface area contributed by atoms with Crippen LogP contribution in [0, 0.1) is 5.82 Å². The molecule has 0 fully saturated rings. The summed E-state index contributed by atoms with van der Waals surface area (Å²) in [5.74, 6) is -1.14. The number of hydrogen-bond donors (Lipinski definition) is 0. The van der Waals surface area contributed by atoms with E-state index in [4.69, 9.17) is 0 Å². The summed E-state index contributed by atoms with van der Waals surface area (Å²) in [4.78, 5) is 14.2. The highest BCUT2D eigenvalue weighted by Gasteiger charge is 2.32. The summed E-state index contributed by atoms with van der Waals surface area (Å²) in [6.07, 6.45) is 1.49. The molecule has 3 rings (SSSR count). The monoisotopic (exact) mass is 331 g/mol. The molecule has 2 aromatic rings. The molecule has 1 aliphatic rings. The van der Waals surface area contributed by atoms with Crippen LogP contribution in [0.3, 0.4) is 0 Å². The highest BCUT2D eigenvalue weighted by molar-refractivity contribution is 7.94. The Bertz CT molecular complexity index is 862. The Morgan fingerprint density at radius 1 is 1.09 bits per heavy atom. The van der Waals surface area contributed by atoms with Gasteiger partial charge in [-0.25, -0.2) is 12.8 Å². The number of para-hydroxylation sites is 1. The van der Waals surface area contributed by atoms with Crippen LogP contribution in [0.15, 0.2) is 66.1 Å². The van der Waals surface area contributed by atoms with Crippen molar-refractivity contribution in [3.63, 3.8) is 0 Å². The Hall–Kier alpha value is -2.47. The van der Waals surface area contributed by atoms with E-state index in [1.54, 1.807) is 30.3 Å². The molecule has 4 nitrogen and oxygen atoms in total. The minimum absolute atomic E-state index is 0.173. The molecule has 23 heavy (non-hydrogen) atoms. The second-order valence-electron chi connectivity index (χ2n) is 5.25. The molecule has 0 N–H and O–H groups in total. The van der Waals surface area contributed by atoms with Gasteiger partial charge in [0.1, 0.15) is 5.82 Å². The zero-order valence-corrected chi connectivity index (χ0v) is 12.9. The molecule has 118 valence electrons. The average Bonchev–Trinajstić information content (AvgIpc) is 2.88. The Balaban J connectivity index is 2.02. The third-order valence-corrected chi connectivity index (χ3v) is 4.95. The summed E-state index contributed by atoms with van der Waals surface area (Å²) in [5, 5.41) is 1.12. The van der Waals surface area contributed by atoms with Crippen LogP contribution in [-0.2, 0) is 9.84 Å². The lowest BCUT2D eigenvalue weighted by atomic mass is 10.1. The summed E-state index contributed by atoms with van der Waals surface area (Å²) in [5.41, 5.74) is 0.736. The van der Waals surface area contributed by atoms with Gasteiger partial charge in [-0.3, -0.25) is 4.79 Å². The van der Waals surface area contributed by atoms with Gasteiger partial charge in [-0.2, -0.15) is 0 Å². The van der Waals surface area contributed by atoms with Crippen molar-refractivity contribution in [2.24, 2.45) is 0 Å². The molecule has 0 aromatic heterocycles. The first-order valence-electron chi connectivity index (χ1n) is 7.01. The number of anilines is 1. The van der Waals surface area contributed by atoms with Gasteiger partial charge >= 0.3 is 0 Å². The number of sulfone groups is 1. The van der Waals surface area contributed by atoms with Crippen molar-refractivity contribution in [1.82, 2.24) is 0 Å². The van der Waals surface area contributed by atoms with Crippen LogP contribution < -0.4 is 4.90 Å². The number of carbonyl (C=O) groups excluding carboxylic acids is 1. The Morgan fingerprint density at radius 2 is 1.83 bits per heavy atom. The van der Waals surface area contributed by atoms with Gasteiger partial charge in [0.15, 0.2) is 9.84 Å². The van der Waals surface area contributed by atoms with Gasteiger partial charge < -0.3 is 4.90 Å². The van der Waals surface area contributed by atoms with Crippen molar-refractivity contribution >= 4 is 21.4 Å². The third-order valence-electron chi connectivity index (χ3n) is 3.57. The summed E-state index contributed by atoms with van der Waals surface area (Å²) in [6, 6.07) is 13.5. The quantitative estimate of drug-likeness (QED) is 0.869. The van der Waals surface area contributed by atoms with E-state index in [9.17, 15) is 17.6 Å². The zero-order valence-electron chi connectivity index (χ0n) is 12.1. The highest BCUT2D eigenvalue weighted by atomic mass is 32.2. The predicted octanol–water partition coefficient (Wildman–Crippen LogP) is 2.78. The molecule has 0 spiro atoms. The molecule has 1 aliphatic heterocycles. The number of halogens is 1. The molecular formula is C17H14FNO3S. The van der Waals surface area contributed by atoms with Crippen molar-refractivity contribution in [2.75, 3.05) is 10.7 Å². The first-order valence-corrected chi connectivity index (χ1v) is 8.73. The fraction of sp³-hybridized carbons (Fsp3) is 0.118. The smallest absolute Gasteiger partial charge is 0.258 e. The van der Waals surface area contributed by atoms with Crippen molar-refractivity contribution in [3.8, 4) is 0 Å². The van der Waals surface area contributed by atoms with Crippen LogP contribution in [-0.4, -0.2) is 26.1 Å². The average molecular weight is 331 g/mol. The number of carbonyl (C=O) groups is 1. The molecule has 0 unspecified atom stereocenters. The van der Waals surface area contributed by atoms with Gasteiger partial charge in [0, 0.05) is 16.7 Å². The van der Waals surface area contributed by atoms with Gasteiger partial charge in [0.25, 0.3) is 5.91 Å². The number of nitrogens with zero attached hydrogens (tertiary/aromatic N) is 1. The van der Waals surface area contributed by atoms with Gasteiger partial charge in [-0.05, 0) is 36.4 Å². The fourth-order valence-corrected chi connectivity index (χ4v) is 3.80. The largest absolute Gasteiger partial charge is 0.300 e. The van der Waals surface area contributed by atoms with Crippen LogP contribution in [0.1, 0.15) is 10.4 Å². The van der Waals surface area contributed by atoms with E-state index in [1.807, 2.05) is 0 Å². The highest BCUT2D eigenvalue weighted by Crippen LogP contribution is 2.25. The first kappa shape index (κ1) is 15.4. The number of amides is 1. The minimum Gasteiger partial charge on any atom is -0.300 e. The van der Waals surface area contributed by atoms with E-state index in [2.05, 4.69) is 0 Å². The molecule has 0 radical (unpaired) electrons. The van der Waals surface area contributed by atoms with Gasteiger partial charge in [0.2, 0.25) is 0 Å². The van der Waals surface area contributed by atoms with Gasteiger partial charge in [-0.15, -0.1) is 0 Å². The van der Waals surface area contributed by atoms with E-state index in [0.717, 1.165) is 11.5 Å². The van der Waals surface area contributed by atoms with E-state index in [-0.39, 0.29) is 11.3 Å². The molecule has 0 aliphatic carbocycles. The van der Waals surface area contributed by atoms with Crippen LogP contribution >= 0.6 is 0 Å². The molecule has 1 heterocycles. The topological polar surface area (TPSA) is 54.5 Å². The Kier molecular flexibility index (Phi) is 4.00.